The molecule has 0 aliphatic carbocycles. The van der Waals surface area contributed by atoms with Crippen molar-refractivity contribution in [3.8, 4) is 0 Å². The van der Waals surface area contributed by atoms with Gasteiger partial charge in [0.15, 0.2) is 0 Å². The van der Waals surface area contributed by atoms with Crippen molar-refractivity contribution in [2.45, 2.75) is 11.8 Å². The molecule has 7 heteroatoms. The van der Waals surface area contributed by atoms with Crippen LogP contribution in [0.1, 0.15) is 6.92 Å². The highest BCUT2D eigenvalue weighted by atomic mass is 79.9. The average molecular weight is 300 g/mol. The van der Waals surface area contributed by atoms with E-state index in [1.807, 2.05) is 0 Å². The van der Waals surface area contributed by atoms with Gasteiger partial charge in [-0.25, -0.2) is 21.9 Å². The Bertz CT molecular complexity index is 476. The summed E-state index contributed by atoms with van der Waals surface area (Å²) in [4.78, 5) is -0.690. The van der Waals surface area contributed by atoms with Crippen LogP contribution in [0.3, 0.4) is 0 Å². The Kier molecular flexibility index (Phi) is 3.80. The maximum Gasteiger partial charge on any atom is 0.243 e. The molecule has 0 saturated carbocycles. The van der Waals surface area contributed by atoms with E-state index in [4.69, 9.17) is 0 Å². The summed E-state index contributed by atoms with van der Waals surface area (Å²) in [6.07, 6.45) is 0. The van der Waals surface area contributed by atoms with E-state index in [1.165, 1.54) is 0 Å². The van der Waals surface area contributed by atoms with Crippen molar-refractivity contribution >= 4 is 26.0 Å². The van der Waals surface area contributed by atoms with Gasteiger partial charge >= 0.3 is 0 Å². The van der Waals surface area contributed by atoms with Crippen molar-refractivity contribution in [1.29, 1.82) is 0 Å². The molecular formula is C8H8BrF2NO2S. The molecule has 15 heavy (non-hydrogen) atoms. The van der Waals surface area contributed by atoms with Crippen LogP contribution in [-0.4, -0.2) is 15.0 Å². The van der Waals surface area contributed by atoms with Crippen LogP contribution in [0, 0.1) is 11.6 Å². The highest BCUT2D eigenvalue weighted by molar-refractivity contribution is 9.10. The maximum absolute atomic E-state index is 13.2. The van der Waals surface area contributed by atoms with Crippen LogP contribution in [0.15, 0.2) is 21.5 Å². The first-order chi connectivity index (χ1) is 6.88. The molecule has 0 heterocycles. The van der Waals surface area contributed by atoms with E-state index in [-0.39, 0.29) is 11.0 Å². The molecule has 0 spiro atoms. The summed E-state index contributed by atoms with van der Waals surface area (Å²) in [7, 11) is -3.97. The highest BCUT2D eigenvalue weighted by Crippen LogP contribution is 2.22. The zero-order valence-electron chi connectivity index (χ0n) is 7.72. The minimum atomic E-state index is -3.97. The van der Waals surface area contributed by atoms with Gasteiger partial charge in [-0.3, -0.25) is 0 Å². The SMILES string of the molecule is CCNS(=O)(=O)c1cc(F)c(Br)cc1F. The molecule has 0 saturated heterocycles. The molecule has 1 rings (SSSR count). The molecule has 0 amide bonds. The van der Waals surface area contributed by atoms with Crippen LogP contribution in [0.2, 0.25) is 0 Å². The lowest BCUT2D eigenvalue weighted by Crippen LogP contribution is -2.24. The second kappa shape index (κ2) is 4.54. The summed E-state index contributed by atoms with van der Waals surface area (Å²) in [6, 6.07) is 1.41. The molecule has 0 fully saturated rings. The molecule has 0 aliphatic rings. The molecule has 84 valence electrons. The summed E-state index contributed by atoms with van der Waals surface area (Å²) in [6.45, 7) is 1.66. The Balaban J connectivity index is 3.33. The number of rotatable bonds is 3. The first kappa shape index (κ1) is 12.5. The molecule has 1 aromatic rings. The fourth-order valence-electron chi connectivity index (χ4n) is 0.978. The highest BCUT2D eigenvalue weighted by Gasteiger charge is 2.20. The normalized spacial score (nSPS) is 11.7. The van der Waals surface area contributed by atoms with Crippen molar-refractivity contribution in [3.05, 3.63) is 28.2 Å². The molecule has 1 N–H and O–H groups in total. The van der Waals surface area contributed by atoms with Crippen molar-refractivity contribution in [2.24, 2.45) is 0 Å². The summed E-state index contributed by atoms with van der Waals surface area (Å²) in [5.41, 5.74) is 0. The van der Waals surface area contributed by atoms with Gasteiger partial charge in [0.1, 0.15) is 16.5 Å². The van der Waals surface area contributed by atoms with E-state index in [0.29, 0.717) is 6.07 Å². The van der Waals surface area contributed by atoms with Crippen LogP contribution in [0.25, 0.3) is 0 Å². The lowest BCUT2D eigenvalue weighted by Gasteiger charge is -2.06. The lowest BCUT2D eigenvalue weighted by molar-refractivity contribution is 0.544. The Morgan fingerprint density at radius 3 is 2.47 bits per heavy atom. The number of hydrogen-bond donors (Lipinski definition) is 1. The first-order valence-electron chi connectivity index (χ1n) is 4.02. The van der Waals surface area contributed by atoms with Gasteiger partial charge in [0.2, 0.25) is 10.0 Å². The van der Waals surface area contributed by atoms with E-state index in [9.17, 15) is 17.2 Å². The largest absolute Gasteiger partial charge is 0.243 e. The van der Waals surface area contributed by atoms with Gasteiger partial charge in [-0.1, -0.05) is 6.92 Å². The van der Waals surface area contributed by atoms with Gasteiger partial charge in [-0.05, 0) is 28.1 Å². The second-order valence-electron chi connectivity index (χ2n) is 2.70. The fraction of sp³-hybridized carbons (Fsp3) is 0.250. The lowest BCUT2D eigenvalue weighted by atomic mass is 10.3. The smallest absolute Gasteiger partial charge is 0.211 e. The summed E-state index contributed by atoms with van der Waals surface area (Å²) < 4.78 is 51.0. The van der Waals surface area contributed by atoms with Gasteiger partial charge < -0.3 is 0 Å². The Morgan fingerprint density at radius 2 is 1.93 bits per heavy atom. The van der Waals surface area contributed by atoms with Crippen LogP contribution < -0.4 is 4.72 Å². The third-order valence-electron chi connectivity index (χ3n) is 1.60. The summed E-state index contributed by atoms with van der Waals surface area (Å²) >= 11 is 2.76. The minimum absolute atomic E-state index is 0.111. The van der Waals surface area contributed by atoms with E-state index < -0.39 is 26.6 Å². The van der Waals surface area contributed by atoms with E-state index in [2.05, 4.69) is 20.7 Å². The first-order valence-corrected chi connectivity index (χ1v) is 6.30. The standard InChI is InChI=1S/C8H8BrF2NO2S/c1-2-12-15(13,14)8-4-6(10)5(9)3-7(8)11/h3-4,12H,2H2,1H3. The molecule has 1 aromatic carbocycles. The molecule has 0 aliphatic heterocycles. The van der Waals surface area contributed by atoms with Crippen LogP contribution in [0.4, 0.5) is 8.78 Å². The van der Waals surface area contributed by atoms with Crippen molar-refractivity contribution in [3.63, 3.8) is 0 Å². The molecular weight excluding hydrogens is 292 g/mol. The predicted molar refractivity (Wildman–Crippen MR) is 54.9 cm³/mol. The molecule has 0 atom stereocenters. The van der Waals surface area contributed by atoms with Gasteiger partial charge in [-0.2, -0.15) is 0 Å². The quantitative estimate of drug-likeness (QED) is 0.868. The monoisotopic (exact) mass is 299 g/mol. The maximum atomic E-state index is 13.2. The molecule has 0 bridgehead atoms. The molecule has 0 unspecified atom stereocenters. The molecule has 0 radical (unpaired) electrons. The summed E-state index contributed by atoms with van der Waals surface area (Å²) in [5, 5.41) is 0. The molecule has 3 nitrogen and oxygen atoms in total. The third-order valence-corrected chi connectivity index (χ3v) is 3.77. The van der Waals surface area contributed by atoms with Gasteiger partial charge in [0, 0.05) is 6.54 Å². The predicted octanol–water partition coefficient (Wildman–Crippen LogP) is 2.03. The topological polar surface area (TPSA) is 46.2 Å². The van der Waals surface area contributed by atoms with E-state index in [0.717, 1.165) is 6.07 Å². The van der Waals surface area contributed by atoms with Gasteiger partial charge in [0.25, 0.3) is 0 Å². The van der Waals surface area contributed by atoms with Crippen molar-refractivity contribution in [1.82, 2.24) is 4.72 Å². The van der Waals surface area contributed by atoms with Gasteiger partial charge in [0.05, 0.1) is 4.47 Å². The Morgan fingerprint density at radius 1 is 1.33 bits per heavy atom. The van der Waals surface area contributed by atoms with Crippen molar-refractivity contribution in [2.75, 3.05) is 6.54 Å². The van der Waals surface area contributed by atoms with E-state index >= 15 is 0 Å². The number of benzene rings is 1. The number of hydrogen-bond acceptors (Lipinski definition) is 2. The zero-order valence-corrected chi connectivity index (χ0v) is 10.1. The number of sulfonamides is 1. The van der Waals surface area contributed by atoms with Crippen LogP contribution >= 0.6 is 15.9 Å². The Hall–Kier alpha value is -0.530. The average Bonchev–Trinajstić information content (AvgIpc) is 2.11. The Labute approximate surface area is 94.7 Å². The fourth-order valence-corrected chi connectivity index (χ4v) is 2.40. The van der Waals surface area contributed by atoms with Crippen LogP contribution in [-0.2, 0) is 10.0 Å². The molecule has 0 aromatic heterocycles. The minimum Gasteiger partial charge on any atom is -0.211 e. The second-order valence-corrected chi connectivity index (χ2v) is 5.29. The van der Waals surface area contributed by atoms with Crippen molar-refractivity contribution < 1.29 is 17.2 Å². The zero-order chi connectivity index (χ0) is 11.6. The summed E-state index contributed by atoms with van der Waals surface area (Å²) in [5.74, 6) is -1.82. The van der Waals surface area contributed by atoms with E-state index in [1.54, 1.807) is 6.92 Å². The third kappa shape index (κ3) is 2.73. The van der Waals surface area contributed by atoms with Gasteiger partial charge in [-0.15, -0.1) is 0 Å². The van der Waals surface area contributed by atoms with Crippen LogP contribution in [0.5, 0.6) is 0 Å². The number of nitrogens with one attached hydrogen (secondary N) is 1. The number of halogens is 3.